The van der Waals surface area contributed by atoms with E-state index in [0.717, 1.165) is 0 Å². The molecule has 0 atom stereocenters. The maximum absolute atomic E-state index is 8.83. The molecule has 0 aliphatic heterocycles. The van der Waals surface area contributed by atoms with Crippen molar-refractivity contribution in [2.45, 2.75) is 0 Å². The number of hydrogen-bond donors (Lipinski definition) is 0. The van der Waals surface area contributed by atoms with Gasteiger partial charge in [0.1, 0.15) is 17.4 Å². The van der Waals surface area contributed by atoms with Crippen molar-refractivity contribution in [1.29, 1.82) is 5.26 Å². The molecule has 0 bridgehead atoms. The van der Waals surface area contributed by atoms with Crippen LogP contribution in [0.1, 0.15) is 5.56 Å². The summed E-state index contributed by atoms with van der Waals surface area (Å²) >= 11 is 5.63. The maximum atomic E-state index is 8.83. The summed E-state index contributed by atoms with van der Waals surface area (Å²) in [5.41, 5.74) is 0.244. The summed E-state index contributed by atoms with van der Waals surface area (Å²) in [5, 5.41) is 8.88. The van der Waals surface area contributed by atoms with Crippen LogP contribution in [0.15, 0.2) is 36.5 Å². The first-order valence-electron chi connectivity index (χ1n) is 4.45. The minimum absolute atomic E-state index is 0.0462. The number of benzene rings is 1. The van der Waals surface area contributed by atoms with Crippen LogP contribution in [-0.2, 0) is 0 Å². The highest BCUT2D eigenvalue weighted by atomic mass is 35.5. The van der Waals surface area contributed by atoms with Crippen LogP contribution < -0.4 is 4.74 Å². The molecule has 0 fully saturated rings. The van der Waals surface area contributed by atoms with E-state index in [1.54, 1.807) is 12.1 Å². The number of ether oxygens (including phenoxy) is 1. The number of halogens is 1. The molecule has 0 saturated heterocycles. The smallest absolute Gasteiger partial charge is 0.241 e. The van der Waals surface area contributed by atoms with Crippen LogP contribution in [0.2, 0.25) is 5.28 Å². The molecule has 0 aliphatic rings. The Balaban J connectivity index is 2.35. The van der Waals surface area contributed by atoms with Gasteiger partial charge >= 0.3 is 0 Å². The van der Waals surface area contributed by atoms with Crippen molar-refractivity contribution >= 4 is 11.6 Å². The van der Waals surface area contributed by atoms with Crippen LogP contribution in [-0.4, -0.2) is 9.97 Å². The normalized spacial score (nSPS) is 9.50. The second-order valence-corrected chi connectivity index (χ2v) is 3.22. The summed E-state index contributed by atoms with van der Waals surface area (Å²) in [5.74, 6) is 0.752. The molecule has 2 aromatic rings. The number of nitriles is 1. The standard InChI is InChI=1S/C11H6ClN3O/c12-11-14-7-8(6-13)10(15-11)16-9-4-2-1-3-5-9/h1-5,7H. The van der Waals surface area contributed by atoms with Gasteiger partial charge in [-0.2, -0.15) is 10.2 Å². The zero-order valence-electron chi connectivity index (χ0n) is 8.09. The Labute approximate surface area is 97.1 Å². The summed E-state index contributed by atoms with van der Waals surface area (Å²) in [6, 6.07) is 11.0. The van der Waals surface area contributed by atoms with E-state index in [4.69, 9.17) is 21.6 Å². The number of aromatic nitrogens is 2. The number of para-hydroxylation sites is 1. The molecule has 0 radical (unpaired) electrons. The fourth-order valence-electron chi connectivity index (χ4n) is 1.10. The lowest BCUT2D eigenvalue weighted by Crippen LogP contribution is -1.94. The number of rotatable bonds is 2. The van der Waals surface area contributed by atoms with Crippen LogP contribution in [0.25, 0.3) is 0 Å². The Bertz CT molecular complexity index is 537. The summed E-state index contributed by atoms with van der Waals surface area (Å²) < 4.78 is 5.42. The van der Waals surface area contributed by atoms with Crippen molar-refractivity contribution in [3.8, 4) is 17.7 Å². The van der Waals surface area contributed by atoms with Gasteiger partial charge in [0.25, 0.3) is 0 Å². The number of nitrogens with zero attached hydrogens (tertiary/aromatic N) is 3. The Kier molecular flexibility index (Phi) is 2.99. The van der Waals surface area contributed by atoms with Gasteiger partial charge in [-0.25, -0.2) is 4.98 Å². The Morgan fingerprint density at radius 2 is 2.00 bits per heavy atom. The second-order valence-electron chi connectivity index (χ2n) is 2.88. The average molecular weight is 232 g/mol. The molecular weight excluding hydrogens is 226 g/mol. The summed E-state index contributed by atoms with van der Waals surface area (Å²) in [4.78, 5) is 7.55. The largest absolute Gasteiger partial charge is 0.438 e. The predicted molar refractivity (Wildman–Crippen MR) is 58.3 cm³/mol. The average Bonchev–Trinajstić information content (AvgIpc) is 2.31. The van der Waals surface area contributed by atoms with Crippen LogP contribution in [0.5, 0.6) is 11.6 Å². The Morgan fingerprint density at radius 3 is 2.69 bits per heavy atom. The molecule has 2 rings (SSSR count). The van der Waals surface area contributed by atoms with E-state index in [2.05, 4.69) is 9.97 Å². The van der Waals surface area contributed by atoms with Gasteiger partial charge in [0, 0.05) is 0 Å². The monoisotopic (exact) mass is 231 g/mol. The van der Waals surface area contributed by atoms with Gasteiger partial charge in [0.2, 0.25) is 11.2 Å². The minimum atomic E-state index is 0.0462. The fraction of sp³-hybridized carbons (Fsp3) is 0. The molecule has 0 saturated carbocycles. The summed E-state index contributed by atoms with van der Waals surface area (Å²) in [6.45, 7) is 0. The van der Waals surface area contributed by atoms with Crippen molar-refractivity contribution in [1.82, 2.24) is 9.97 Å². The quantitative estimate of drug-likeness (QED) is 0.746. The third-order valence-corrected chi connectivity index (χ3v) is 1.98. The lowest BCUT2D eigenvalue weighted by atomic mass is 10.3. The van der Waals surface area contributed by atoms with Gasteiger partial charge in [-0.1, -0.05) is 18.2 Å². The fourth-order valence-corrected chi connectivity index (χ4v) is 1.23. The summed E-state index contributed by atoms with van der Waals surface area (Å²) in [6.07, 6.45) is 1.33. The van der Waals surface area contributed by atoms with Gasteiger partial charge in [-0.15, -0.1) is 0 Å². The third-order valence-electron chi connectivity index (χ3n) is 1.80. The van der Waals surface area contributed by atoms with Gasteiger partial charge in [0.15, 0.2) is 0 Å². The predicted octanol–water partition coefficient (Wildman–Crippen LogP) is 2.79. The molecule has 0 spiro atoms. The highest BCUT2D eigenvalue weighted by Gasteiger charge is 2.07. The molecule has 1 aromatic carbocycles. The van der Waals surface area contributed by atoms with Crippen molar-refractivity contribution in [2.24, 2.45) is 0 Å². The van der Waals surface area contributed by atoms with E-state index >= 15 is 0 Å². The zero-order chi connectivity index (χ0) is 11.4. The lowest BCUT2D eigenvalue weighted by molar-refractivity contribution is 0.460. The molecule has 0 amide bonds. The van der Waals surface area contributed by atoms with E-state index in [9.17, 15) is 0 Å². The van der Waals surface area contributed by atoms with Gasteiger partial charge in [-0.3, -0.25) is 0 Å². The Morgan fingerprint density at radius 1 is 1.25 bits per heavy atom. The molecular formula is C11H6ClN3O. The molecule has 0 aliphatic carbocycles. The van der Waals surface area contributed by atoms with E-state index in [0.29, 0.717) is 5.75 Å². The zero-order valence-corrected chi connectivity index (χ0v) is 8.85. The topological polar surface area (TPSA) is 58.8 Å². The first kappa shape index (κ1) is 10.4. The molecule has 16 heavy (non-hydrogen) atoms. The summed E-state index contributed by atoms with van der Waals surface area (Å²) in [7, 11) is 0. The van der Waals surface area contributed by atoms with Crippen molar-refractivity contribution in [2.75, 3.05) is 0 Å². The Hall–Kier alpha value is -2.12. The molecule has 1 heterocycles. The van der Waals surface area contributed by atoms with E-state index in [-0.39, 0.29) is 16.7 Å². The van der Waals surface area contributed by atoms with Crippen molar-refractivity contribution < 1.29 is 4.74 Å². The highest BCUT2D eigenvalue weighted by Crippen LogP contribution is 2.22. The van der Waals surface area contributed by atoms with Gasteiger partial charge in [-0.05, 0) is 23.7 Å². The first-order valence-corrected chi connectivity index (χ1v) is 4.83. The van der Waals surface area contributed by atoms with Crippen molar-refractivity contribution in [3.63, 3.8) is 0 Å². The molecule has 78 valence electrons. The van der Waals surface area contributed by atoms with Crippen LogP contribution in [0.3, 0.4) is 0 Å². The van der Waals surface area contributed by atoms with Gasteiger partial charge < -0.3 is 4.74 Å². The first-order chi connectivity index (χ1) is 7.79. The van der Waals surface area contributed by atoms with Crippen LogP contribution in [0.4, 0.5) is 0 Å². The molecule has 1 aromatic heterocycles. The maximum Gasteiger partial charge on any atom is 0.241 e. The molecule has 4 nitrogen and oxygen atoms in total. The lowest BCUT2D eigenvalue weighted by Gasteiger charge is -2.05. The minimum Gasteiger partial charge on any atom is -0.438 e. The molecule has 0 N–H and O–H groups in total. The molecule has 5 heteroatoms. The molecule has 0 unspecified atom stereocenters. The van der Waals surface area contributed by atoms with Gasteiger partial charge in [0.05, 0.1) is 6.20 Å². The highest BCUT2D eigenvalue weighted by molar-refractivity contribution is 6.28. The second kappa shape index (κ2) is 4.60. The van der Waals surface area contributed by atoms with Crippen LogP contribution in [0, 0.1) is 11.3 Å². The number of hydrogen-bond acceptors (Lipinski definition) is 4. The van der Waals surface area contributed by atoms with E-state index in [1.165, 1.54) is 6.20 Å². The third kappa shape index (κ3) is 2.27. The van der Waals surface area contributed by atoms with E-state index < -0.39 is 0 Å². The van der Waals surface area contributed by atoms with Crippen molar-refractivity contribution in [3.05, 3.63) is 47.4 Å². The SMILES string of the molecule is N#Cc1cnc(Cl)nc1Oc1ccccc1. The van der Waals surface area contributed by atoms with E-state index in [1.807, 2.05) is 24.3 Å². The van der Waals surface area contributed by atoms with Crippen LogP contribution >= 0.6 is 11.6 Å².